The SMILES string of the molecule is Cc1csc(-c2nc(N)nc3c2CCN3)c1. The van der Waals surface area contributed by atoms with E-state index in [4.69, 9.17) is 5.73 Å². The van der Waals surface area contributed by atoms with E-state index in [-0.39, 0.29) is 0 Å². The molecule has 4 nitrogen and oxygen atoms in total. The molecule has 1 aliphatic heterocycles. The monoisotopic (exact) mass is 232 g/mol. The lowest BCUT2D eigenvalue weighted by Crippen LogP contribution is -2.00. The van der Waals surface area contributed by atoms with Gasteiger partial charge in [-0.3, -0.25) is 0 Å². The summed E-state index contributed by atoms with van der Waals surface area (Å²) in [6.07, 6.45) is 0.974. The second-order valence-corrected chi connectivity index (χ2v) is 4.83. The van der Waals surface area contributed by atoms with Crippen molar-refractivity contribution in [2.45, 2.75) is 13.3 Å². The molecule has 3 heterocycles. The molecular weight excluding hydrogens is 220 g/mol. The van der Waals surface area contributed by atoms with Crippen LogP contribution in [-0.2, 0) is 6.42 Å². The molecule has 3 N–H and O–H groups in total. The number of nitrogens with zero attached hydrogens (tertiary/aromatic N) is 2. The van der Waals surface area contributed by atoms with E-state index in [1.165, 1.54) is 16.0 Å². The molecule has 3 rings (SSSR count). The van der Waals surface area contributed by atoms with Gasteiger partial charge in [0.05, 0.1) is 10.6 Å². The molecular formula is C11H12N4S. The predicted octanol–water partition coefficient (Wildman–Crippen LogP) is 2.06. The lowest BCUT2D eigenvalue weighted by molar-refractivity contribution is 1.10. The number of thiophene rings is 1. The fourth-order valence-corrected chi connectivity index (χ4v) is 2.86. The average molecular weight is 232 g/mol. The van der Waals surface area contributed by atoms with Gasteiger partial charge < -0.3 is 11.1 Å². The van der Waals surface area contributed by atoms with E-state index in [0.717, 1.165) is 24.5 Å². The van der Waals surface area contributed by atoms with Gasteiger partial charge >= 0.3 is 0 Å². The molecule has 0 unspecified atom stereocenters. The van der Waals surface area contributed by atoms with E-state index in [2.05, 4.69) is 33.7 Å². The first-order valence-electron chi connectivity index (χ1n) is 5.20. The summed E-state index contributed by atoms with van der Waals surface area (Å²) in [6, 6.07) is 2.14. The Morgan fingerprint density at radius 1 is 1.44 bits per heavy atom. The minimum absolute atomic E-state index is 0.342. The fourth-order valence-electron chi connectivity index (χ4n) is 1.95. The number of nitrogens with two attached hydrogens (primary N) is 1. The van der Waals surface area contributed by atoms with Crippen molar-refractivity contribution in [3.8, 4) is 10.6 Å². The molecule has 2 aromatic rings. The van der Waals surface area contributed by atoms with Crippen molar-refractivity contribution >= 4 is 23.1 Å². The van der Waals surface area contributed by atoms with Crippen LogP contribution in [0.4, 0.5) is 11.8 Å². The van der Waals surface area contributed by atoms with Gasteiger partial charge in [0.25, 0.3) is 0 Å². The number of hydrogen-bond donors (Lipinski definition) is 2. The van der Waals surface area contributed by atoms with E-state index < -0.39 is 0 Å². The molecule has 2 aromatic heterocycles. The quantitative estimate of drug-likeness (QED) is 0.790. The van der Waals surface area contributed by atoms with Gasteiger partial charge in [-0.15, -0.1) is 11.3 Å². The maximum absolute atomic E-state index is 5.72. The third kappa shape index (κ3) is 1.44. The molecule has 0 bridgehead atoms. The molecule has 16 heavy (non-hydrogen) atoms. The third-order valence-electron chi connectivity index (χ3n) is 2.66. The highest BCUT2D eigenvalue weighted by molar-refractivity contribution is 7.13. The van der Waals surface area contributed by atoms with Crippen molar-refractivity contribution in [1.29, 1.82) is 0 Å². The van der Waals surface area contributed by atoms with Crippen LogP contribution in [0.2, 0.25) is 0 Å². The lowest BCUT2D eigenvalue weighted by Gasteiger charge is -2.05. The van der Waals surface area contributed by atoms with Crippen LogP contribution in [0.3, 0.4) is 0 Å². The van der Waals surface area contributed by atoms with E-state index in [9.17, 15) is 0 Å². The van der Waals surface area contributed by atoms with Crippen LogP contribution in [0.25, 0.3) is 10.6 Å². The average Bonchev–Trinajstić information content (AvgIpc) is 2.84. The Morgan fingerprint density at radius 3 is 3.06 bits per heavy atom. The normalized spacial score (nSPS) is 13.6. The van der Waals surface area contributed by atoms with Gasteiger partial charge in [0.2, 0.25) is 5.95 Å². The zero-order chi connectivity index (χ0) is 11.1. The molecule has 0 radical (unpaired) electrons. The molecule has 0 spiro atoms. The third-order valence-corrected chi connectivity index (χ3v) is 3.71. The number of rotatable bonds is 1. The van der Waals surface area contributed by atoms with Crippen LogP contribution in [0, 0.1) is 6.92 Å². The highest BCUT2D eigenvalue weighted by Gasteiger charge is 2.19. The van der Waals surface area contributed by atoms with E-state index >= 15 is 0 Å². The first kappa shape index (κ1) is 9.59. The van der Waals surface area contributed by atoms with Gasteiger partial charge in [0.15, 0.2) is 0 Å². The first-order valence-corrected chi connectivity index (χ1v) is 6.08. The Kier molecular flexibility index (Phi) is 2.07. The topological polar surface area (TPSA) is 63.8 Å². The number of nitrogens with one attached hydrogen (secondary N) is 1. The van der Waals surface area contributed by atoms with Gasteiger partial charge in [0.1, 0.15) is 5.82 Å². The van der Waals surface area contributed by atoms with Gasteiger partial charge in [0, 0.05) is 12.1 Å². The summed E-state index contributed by atoms with van der Waals surface area (Å²) in [5.41, 5.74) is 9.16. The number of aromatic nitrogens is 2. The van der Waals surface area contributed by atoms with Crippen molar-refractivity contribution in [2.75, 3.05) is 17.6 Å². The number of aryl methyl sites for hydroxylation is 1. The second-order valence-electron chi connectivity index (χ2n) is 3.92. The van der Waals surface area contributed by atoms with Crippen LogP contribution in [0.1, 0.15) is 11.1 Å². The Bertz CT molecular complexity index is 547. The fraction of sp³-hybridized carbons (Fsp3) is 0.273. The largest absolute Gasteiger partial charge is 0.369 e. The number of nitrogen functional groups attached to an aromatic ring is 1. The summed E-state index contributed by atoms with van der Waals surface area (Å²) < 4.78 is 0. The molecule has 82 valence electrons. The zero-order valence-electron chi connectivity index (χ0n) is 8.95. The highest BCUT2D eigenvalue weighted by atomic mass is 32.1. The lowest BCUT2D eigenvalue weighted by atomic mass is 10.1. The first-order chi connectivity index (χ1) is 7.74. The van der Waals surface area contributed by atoms with E-state index in [0.29, 0.717) is 5.95 Å². The Morgan fingerprint density at radius 2 is 2.31 bits per heavy atom. The maximum atomic E-state index is 5.72. The number of hydrogen-bond acceptors (Lipinski definition) is 5. The molecule has 0 saturated heterocycles. The van der Waals surface area contributed by atoms with Crippen LogP contribution in [0.15, 0.2) is 11.4 Å². The standard InChI is InChI=1S/C11H12N4S/c1-6-4-8(16-5-6)9-7-2-3-13-10(7)15-11(12)14-9/h4-5H,2-3H2,1H3,(H3,12,13,14,15). The Labute approximate surface area is 97.5 Å². The summed E-state index contributed by atoms with van der Waals surface area (Å²) in [6.45, 7) is 3.01. The molecule has 0 fully saturated rings. The van der Waals surface area contributed by atoms with Crippen molar-refractivity contribution in [2.24, 2.45) is 0 Å². The number of anilines is 2. The summed E-state index contributed by atoms with van der Waals surface area (Å²) in [7, 11) is 0. The van der Waals surface area contributed by atoms with Crippen LogP contribution in [0.5, 0.6) is 0 Å². The van der Waals surface area contributed by atoms with Crippen molar-refractivity contribution in [1.82, 2.24) is 9.97 Å². The van der Waals surface area contributed by atoms with Crippen molar-refractivity contribution < 1.29 is 0 Å². The molecule has 0 saturated carbocycles. The maximum Gasteiger partial charge on any atom is 0.222 e. The Balaban J connectivity index is 2.20. The summed E-state index contributed by atoms with van der Waals surface area (Å²) in [5.74, 6) is 1.24. The highest BCUT2D eigenvalue weighted by Crippen LogP contribution is 2.34. The van der Waals surface area contributed by atoms with Crippen molar-refractivity contribution in [3.63, 3.8) is 0 Å². The van der Waals surface area contributed by atoms with E-state index in [1.54, 1.807) is 11.3 Å². The van der Waals surface area contributed by atoms with Crippen molar-refractivity contribution in [3.05, 3.63) is 22.6 Å². The molecule has 0 aliphatic carbocycles. The summed E-state index contributed by atoms with van der Waals surface area (Å²) in [5, 5.41) is 5.36. The van der Waals surface area contributed by atoms with Gasteiger partial charge in [-0.1, -0.05) is 0 Å². The van der Waals surface area contributed by atoms with Crippen LogP contribution in [-0.4, -0.2) is 16.5 Å². The second kappa shape index (κ2) is 3.45. The molecule has 0 aromatic carbocycles. The summed E-state index contributed by atoms with van der Waals surface area (Å²) in [4.78, 5) is 9.75. The molecule has 0 atom stereocenters. The molecule has 5 heteroatoms. The molecule has 0 amide bonds. The van der Waals surface area contributed by atoms with Crippen LogP contribution < -0.4 is 11.1 Å². The zero-order valence-corrected chi connectivity index (χ0v) is 9.77. The minimum atomic E-state index is 0.342. The predicted molar refractivity (Wildman–Crippen MR) is 66.7 cm³/mol. The minimum Gasteiger partial charge on any atom is -0.369 e. The van der Waals surface area contributed by atoms with Gasteiger partial charge in [-0.25, -0.2) is 4.98 Å². The summed E-state index contributed by atoms with van der Waals surface area (Å²) >= 11 is 1.70. The number of fused-ring (bicyclic) bond motifs is 1. The molecule has 1 aliphatic rings. The Hall–Kier alpha value is -1.62. The van der Waals surface area contributed by atoms with E-state index in [1.807, 2.05) is 0 Å². The smallest absolute Gasteiger partial charge is 0.222 e. The van der Waals surface area contributed by atoms with Crippen LogP contribution >= 0.6 is 11.3 Å². The van der Waals surface area contributed by atoms with Gasteiger partial charge in [-0.2, -0.15) is 4.98 Å². The van der Waals surface area contributed by atoms with Gasteiger partial charge in [-0.05, 0) is 30.4 Å².